The highest BCUT2D eigenvalue weighted by molar-refractivity contribution is 6.11. The third kappa shape index (κ3) is 4.91. The molecule has 31 heavy (non-hydrogen) atoms. The number of hydrogen-bond acceptors (Lipinski definition) is 5. The second kappa shape index (κ2) is 8.47. The predicted octanol–water partition coefficient (Wildman–Crippen LogP) is 5.47. The zero-order valence-corrected chi connectivity index (χ0v) is 17.1. The molecule has 2 aromatic carbocycles. The van der Waals surface area contributed by atoms with Crippen LogP contribution in [0, 0.1) is 0 Å². The van der Waals surface area contributed by atoms with Crippen molar-refractivity contribution in [2.45, 2.75) is 25.6 Å². The highest BCUT2D eigenvalue weighted by atomic mass is 19.4. The van der Waals surface area contributed by atoms with Crippen molar-refractivity contribution in [3.8, 4) is 17.2 Å². The van der Waals surface area contributed by atoms with Crippen LogP contribution in [0.2, 0.25) is 0 Å². The normalized spacial score (nSPS) is 14.9. The Bertz CT molecular complexity index is 1050. The molecule has 0 unspecified atom stereocenters. The van der Waals surface area contributed by atoms with Crippen molar-refractivity contribution < 1.29 is 37.3 Å². The molecule has 1 heterocycles. The average molecular weight is 434 g/mol. The number of fused-ring (bicyclic) bond motifs is 1. The van der Waals surface area contributed by atoms with E-state index in [9.17, 15) is 23.1 Å². The van der Waals surface area contributed by atoms with Crippen LogP contribution in [0.3, 0.4) is 0 Å². The van der Waals surface area contributed by atoms with E-state index in [2.05, 4.69) is 0 Å². The Hall–Kier alpha value is -3.26. The van der Waals surface area contributed by atoms with Gasteiger partial charge in [-0.1, -0.05) is 24.3 Å². The zero-order chi connectivity index (χ0) is 22.8. The van der Waals surface area contributed by atoms with Crippen LogP contribution in [-0.4, -0.2) is 30.4 Å². The molecule has 0 spiro atoms. The van der Waals surface area contributed by atoms with Crippen LogP contribution in [0.4, 0.5) is 13.2 Å². The average Bonchev–Trinajstić information content (AvgIpc) is 2.69. The van der Waals surface area contributed by atoms with Crippen molar-refractivity contribution >= 4 is 17.9 Å². The molecule has 0 radical (unpaired) electrons. The van der Waals surface area contributed by atoms with Crippen LogP contribution in [0.5, 0.6) is 17.2 Å². The number of phenols is 1. The molecule has 2 aromatic rings. The Balaban J connectivity index is 2.05. The molecule has 8 heteroatoms. The van der Waals surface area contributed by atoms with Crippen LogP contribution in [-0.2, 0) is 10.9 Å². The van der Waals surface area contributed by atoms with Gasteiger partial charge in [-0.25, -0.2) is 0 Å². The number of ketones is 1. The van der Waals surface area contributed by atoms with Gasteiger partial charge in [0.15, 0.2) is 12.6 Å². The molecule has 3 rings (SSSR count). The first kappa shape index (κ1) is 22.4. The Labute approximate surface area is 177 Å². The van der Waals surface area contributed by atoms with Crippen LogP contribution in [0.25, 0.3) is 12.2 Å². The maximum Gasteiger partial charge on any atom is 0.416 e. The number of phenolic OH excluding ortho intramolecular Hbond substituents is 1. The maximum absolute atomic E-state index is 13.2. The van der Waals surface area contributed by atoms with E-state index in [-0.39, 0.29) is 29.4 Å². The van der Waals surface area contributed by atoms with Gasteiger partial charge in [0.25, 0.3) is 0 Å². The van der Waals surface area contributed by atoms with E-state index in [1.165, 1.54) is 31.4 Å². The Morgan fingerprint density at radius 1 is 1.26 bits per heavy atom. The van der Waals surface area contributed by atoms with Gasteiger partial charge < -0.3 is 19.3 Å². The van der Waals surface area contributed by atoms with Gasteiger partial charge in [-0.05, 0) is 43.7 Å². The van der Waals surface area contributed by atoms with Crippen molar-refractivity contribution in [1.82, 2.24) is 0 Å². The van der Waals surface area contributed by atoms with Crippen molar-refractivity contribution in [2.24, 2.45) is 0 Å². The first-order valence-corrected chi connectivity index (χ1v) is 9.32. The lowest BCUT2D eigenvalue weighted by Gasteiger charge is -2.30. The zero-order valence-electron chi connectivity index (χ0n) is 17.1. The fourth-order valence-electron chi connectivity index (χ4n) is 3.11. The molecule has 0 aliphatic carbocycles. The quantitative estimate of drug-likeness (QED) is 0.371. The number of carbonyl (C=O) groups excluding carboxylic acids is 1. The van der Waals surface area contributed by atoms with Crippen molar-refractivity contribution in [3.05, 3.63) is 64.7 Å². The third-order valence-corrected chi connectivity index (χ3v) is 4.54. The van der Waals surface area contributed by atoms with Gasteiger partial charge in [0.05, 0.1) is 11.1 Å². The Morgan fingerprint density at radius 3 is 2.65 bits per heavy atom. The van der Waals surface area contributed by atoms with E-state index in [4.69, 9.17) is 14.2 Å². The molecule has 1 aliphatic rings. The largest absolute Gasteiger partial charge is 0.507 e. The molecule has 0 amide bonds. The first-order valence-electron chi connectivity index (χ1n) is 9.32. The number of carbonyl (C=O) groups is 1. The summed E-state index contributed by atoms with van der Waals surface area (Å²) in [6.45, 7) is 3.43. The molecule has 164 valence electrons. The van der Waals surface area contributed by atoms with E-state index in [1.807, 2.05) is 0 Å². The van der Waals surface area contributed by atoms with Gasteiger partial charge in [-0.2, -0.15) is 13.2 Å². The lowest BCUT2D eigenvalue weighted by molar-refractivity contribution is -0.137. The summed E-state index contributed by atoms with van der Waals surface area (Å²) in [6, 6.07) is 6.14. The molecule has 0 fully saturated rings. The Morgan fingerprint density at radius 2 is 1.97 bits per heavy atom. The summed E-state index contributed by atoms with van der Waals surface area (Å²) in [5, 5.41) is 10.5. The molecule has 5 nitrogen and oxygen atoms in total. The molecule has 0 saturated heterocycles. The summed E-state index contributed by atoms with van der Waals surface area (Å²) < 4.78 is 55.9. The van der Waals surface area contributed by atoms with E-state index in [0.717, 1.165) is 18.2 Å². The second-order valence-electron chi connectivity index (χ2n) is 7.38. The lowest BCUT2D eigenvalue weighted by Crippen LogP contribution is -2.28. The first-order chi connectivity index (χ1) is 14.5. The van der Waals surface area contributed by atoms with Gasteiger partial charge in [-0.15, -0.1) is 0 Å². The highest BCUT2D eigenvalue weighted by Crippen LogP contribution is 2.44. The number of methoxy groups -OCH3 is 1. The summed E-state index contributed by atoms with van der Waals surface area (Å²) in [7, 11) is 1.43. The number of halogens is 3. The van der Waals surface area contributed by atoms with Gasteiger partial charge >= 0.3 is 6.18 Å². The lowest BCUT2D eigenvalue weighted by atomic mass is 9.96. The SMILES string of the molecule is COCOc1cc(O)c(C(=O)/C=C/c2ccccc2C(F)(F)F)c2c1C=CC(C)(C)O2. The fraction of sp³-hybridized carbons (Fsp3) is 0.261. The minimum atomic E-state index is -4.57. The highest BCUT2D eigenvalue weighted by Gasteiger charge is 2.33. The number of ether oxygens (including phenoxy) is 3. The van der Waals surface area contributed by atoms with Gasteiger partial charge in [0.2, 0.25) is 0 Å². The van der Waals surface area contributed by atoms with Gasteiger partial charge in [0.1, 0.15) is 28.4 Å². The summed E-state index contributed by atoms with van der Waals surface area (Å²) in [4.78, 5) is 12.9. The minimum Gasteiger partial charge on any atom is -0.507 e. The molecule has 0 aromatic heterocycles. The number of alkyl halides is 3. The van der Waals surface area contributed by atoms with Crippen molar-refractivity contribution in [2.75, 3.05) is 13.9 Å². The van der Waals surface area contributed by atoms with Crippen LogP contribution in [0.15, 0.2) is 42.5 Å². The van der Waals surface area contributed by atoms with Crippen molar-refractivity contribution in [1.29, 1.82) is 0 Å². The van der Waals surface area contributed by atoms with Gasteiger partial charge in [-0.3, -0.25) is 4.79 Å². The molecule has 1 aliphatic heterocycles. The van der Waals surface area contributed by atoms with E-state index >= 15 is 0 Å². The smallest absolute Gasteiger partial charge is 0.416 e. The molecular weight excluding hydrogens is 413 g/mol. The van der Waals surface area contributed by atoms with E-state index < -0.39 is 28.9 Å². The van der Waals surface area contributed by atoms with Crippen molar-refractivity contribution in [3.63, 3.8) is 0 Å². The number of rotatable bonds is 6. The maximum atomic E-state index is 13.2. The topological polar surface area (TPSA) is 65.0 Å². The fourth-order valence-corrected chi connectivity index (χ4v) is 3.11. The van der Waals surface area contributed by atoms with Crippen LogP contribution >= 0.6 is 0 Å². The second-order valence-corrected chi connectivity index (χ2v) is 7.38. The molecular formula is C23H21F3O5. The standard InChI is InChI=1S/C23H21F3O5/c1-22(2)11-10-15-19(30-13-29-3)12-18(28)20(21(15)31-22)17(27)9-8-14-6-4-5-7-16(14)23(24,25)26/h4-12,28H,13H2,1-3H3/b9-8+. The van der Waals surface area contributed by atoms with Gasteiger partial charge in [0, 0.05) is 13.2 Å². The third-order valence-electron chi connectivity index (χ3n) is 4.54. The van der Waals surface area contributed by atoms with E-state index in [0.29, 0.717) is 5.56 Å². The number of benzene rings is 2. The molecule has 1 N–H and O–H groups in total. The van der Waals surface area contributed by atoms with Crippen LogP contribution < -0.4 is 9.47 Å². The summed E-state index contributed by atoms with van der Waals surface area (Å²) in [5.41, 5.74) is -1.56. The number of aromatic hydroxyl groups is 1. The monoisotopic (exact) mass is 434 g/mol. The van der Waals surface area contributed by atoms with Crippen LogP contribution in [0.1, 0.15) is 40.9 Å². The number of hydrogen-bond donors (Lipinski definition) is 1. The van der Waals surface area contributed by atoms with E-state index in [1.54, 1.807) is 26.0 Å². The molecule has 0 saturated carbocycles. The number of allylic oxidation sites excluding steroid dienone is 1. The minimum absolute atomic E-state index is 0.0809. The predicted molar refractivity (Wildman–Crippen MR) is 109 cm³/mol. The molecule has 0 atom stereocenters. The molecule has 0 bridgehead atoms. The Kier molecular flexibility index (Phi) is 6.13. The summed E-state index contributed by atoms with van der Waals surface area (Å²) in [6.07, 6.45) is 0.933. The summed E-state index contributed by atoms with van der Waals surface area (Å²) in [5.74, 6) is -0.814. The summed E-state index contributed by atoms with van der Waals surface area (Å²) >= 11 is 0.